The van der Waals surface area contributed by atoms with Gasteiger partial charge in [0.2, 0.25) is 11.7 Å². The smallest absolute Gasteiger partial charge is 0.314 e. The van der Waals surface area contributed by atoms with E-state index in [0.717, 1.165) is 5.56 Å². The van der Waals surface area contributed by atoms with Crippen LogP contribution in [0.25, 0.3) is 0 Å². The number of hydrogen-bond acceptors (Lipinski definition) is 6. The van der Waals surface area contributed by atoms with Crippen LogP contribution in [0, 0.1) is 10.1 Å². The van der Waals surface area contributed by atoms with Crippen molar-refractivity contribution in [1.82, 2.24) is 5.32 Å². The lowest BCUT2D eigenvalue weighted by Crippen LogP contribution is -2.38. The fourth-order valence-corrected chi connectivity index (χ4v) is 4.32. The molecular weight excluding hydrogens is 388 g/mol. The van der Waals surface area contributed by atoms with E-state index in [2.05, 4.69) is 5.32 Å². The molecule has 8 nitrogen and oxygen atoms in total. The van der Waals surface area contributed by atoms with Crippen molar-refractivity contribution in [1.29, 1.82) is 0 Å². The predicted molar refractivity (Wildman–Crippen MR) is 107 cm³/mol. The highest BCUT2D eigenvalue weighted by Crippen LogP contribution is 2.46. The number of amides is 1. The fraction of sp³-hybridized carbons (Fsp3) is 0.273. The molecule has 4 rings (SSSR count). The first kappa shape index (κ1) is 19.6. The van der Waals surface area contributed by atoms with Gasteiger partial charge in [-0.2, -0.15) is 0 Å². The predicted octanol–water partition coefficient (Wildman–Crippen LogP) is 3.31. The third-order valence-corrected chi connectivity index (χ3v) is 5.70. The van der Waals surface area contributed by atoms with Crippen molar-refractivity contribution < 1.29 is 24.4 Å². The number of nitro benzene ring substituents is 1. The SMILES string of the molecule is COc1cc(C2CC(=O)NC3=C2C(=O)CC(c2ccccc2)C3)cc([N+](=O)[O-])c1O. The van der Waals surface area contributed by atoms with E-state index >= 15 is 0 Å². The zero-order valence-corrected chi connectivity index (χ0v) is 16.3. The summed E-state index contributed by atoms with van der Waals surface area (Å²) < 4.78 is 5.08. The number of ketones is 1. The number of hydrogen-bond donors (Lipinski definition) is 2. The molecule has 1 aliphatic carbocycles. The van der Waals surface area contributed by atoms with Crippen LogP contribution < -0.4 is 10.1 Å². The van der Waals surface area contributed by atoms with Gasteiger partial charge in [0, 0.05) is 36.1 Å². The van der Waals surface area contributed by atoms with E-state index in [1.807, 2.05) is 30.3 Å². The first-order chi connectivity index (χ1) is 14.4. The maximum Gasteiger partial charge on any atom is 0.314 e. The van der Waals surface area contributed by atoms with Crippen LogP contribution in [0.5, 0.6) is 11.5 Å². The number of carbonyl (C=O) groups excluding carboxylic acids is 2. The molecule has 1 heterocycles. The molecule has 2 unspecified atom stereocenters. The number of ether oxygens (including phenoxy) is 1. The molecule has 0 saturated heterocycles. The van der Waals surface area contributed by atoms with E-state index in [9.17, 15) is 24.8 Å². The number of rotatable bonds is 4. The molecule has 2 N–H and O–H groups in total. The first-order valence-corrected chi connectivity index (χ1v) is 9.55. The molecule has 8 heteroatoms. The maximum absolute atomic E-state index is 13.1. The Hall–Kier alpha value is -3.68. The van der Waals surface area contributed by atoms with E-state index < -0.39 is 22.3 Å². The standard InChI is InChI=1S/C22H20N2O6/c1-30-19-10-14(8-17(22(19)27)24(28)29)15-11-20(26)23-16-7-13(9-18(25)21(15)16)12-5-3-2-4-6-12/h2-6,8,10,13,15,27H,7,9,11H2,1H3,(H,23,26). The number of phenols is 1. The number of nitrogens with zero attached hydrogens (tertiary/aromatic N) is 1. The molecule has 0 bridgehead atoms. The van der Waals surface area contributed by atoms with Gasteiger partial charge in [-0.15, -0.1) is 0 Å². The highest BCUT2D eigenvalue weighted by Gasteiger charge is 2.39. The fourth-order valence-electron chi connectivity index (χ4n) is 4.32. The van der Waals surface area contributed by atoms with Crippen molar-refractivity contribution in [2.24, 2.45) is 0 Å². The lowest BCUT2D eigenvalue weighted by molar-refractivity contribution is -0.386. The number of methoxy groups -OCH3 is 1. The van der Waals surface area contributed by atoms with E-state index in [-0.39, 0.29) is 29.8 Å². The number of aromatic hydroxyl groups is 1. The largest absolute Gasteiger partial charge is 0.500 e. The summed E-state index contributed by atoms with van der Waals surface area (Å²) in [6, 6.07) is 12.3. The molecule has 30 heavy (non-hydrogen) atoms. The maximum atomic E-state index is 13.1. The van der Waals surface area contributed by atoms with Crippen molar-refractivity contribution in [3.63, 3.8) is 0 Å². The first-order valence-electron chi connectivity index (χ1n) is 9.55. The highest BCUT2D eigenvalue weighted by atomic mass is 16.6. The Labute approximate surface area is 172 Å². The Morgan fingerprint density at radius 2 is 1.83 bits per heavy atom. The quantitative estimate of drug-likeness (QED) is 0.592. The van der Waals surface area contributed by atoms with Gasteiger partial charge in [0.1, 0.15) is 0 Å². The summed E-state index contributed by atoms with van der Waals surface area (Å²) in [6.07, 6.45) is 0.794. The normalized spacial score (nSPS) is 21.1. The number of Topliss-reactive ketones (excluding diaryl/α,β-unsaturated/α-hetero) is 1. The summed E-state index contributed by atoms with van der Waals surface area (Å²) in [6.45, 7) is 0. The minimum atomic E-state index is -0.715. The number of nitrogens with one attached hydrogen (secondary N) is 1. The van der Waals surface area contributed by atoms with Gasteiger partial charge < -0.3 is 15.2 Å². The van der Waals surface area contributed by atoms with Crippen LogP contribution in [0.4, 0.5) is 5.69 Å². The summed E-state index contributed by atoms with van der Waals surface area (Å²) in [5.41, 5.74) is 1.93. The average Bonchev–Trinajstić information content (AvgIpc) is 2.73. The second kappa shape index (κ2) is 7.62. The van der Waals surface area contributed by atoms with E-state index in [1.165, 1.54) is 19.2 Å². The Morgan fingerprint density at radius 1 is 1.10 bits per heavy atom. The number of nitro groups is 1. The molecule has 0 aromatic heterocycles. The lowest BCUT2D eigenvalue weighted by atomic mass is 9.73. The molecular formula is C22H20N2O6. The van der Waals surface area contributed by atoms with Gasteiger partial charge in [-0.3, -0.25) is 19.7 Å². The van der Waals surface area contributed by atoms with Crippen LogP contribution in [-0.4, -0.2) is 28.8 Å². The number of benzene rings is 2. The van der Waals surface area contributed by atoms with Crippen LogP contribution in [0.3, 0.4) is 0 Å². The molecule has 2 aromatic rings. The number of allylic oxidation sites excluding steroid dienone is 2. The zero-order chi connectivity index (χ0) is 21.4. The second-order valence-electron chi connectivity index (χ2n) is 7.48. The van der Waals surface area contributed by atoms with Gasteiger partial charge >= 0.3 is 5.69 Å². The van der Waals surface area contributed by atoms with Crippen molar-refractivity contribution in [3.05, 3.63) is 75.0 Å². The summed E-state index contributed by atoms with van der Waals surface area (Å²) in [5.74, 6) is -1.68. The van der Waals surface area contributed by atoms with Gasteiger partial charge in [-0.05, 0) is 29.5 Å². The van der Waals surface area contributed by atoms with Crippen LogP contribution in [-0.2, 0) is 9.59 Å². The van der Waals surface area contributed by atoms with E-state index in [1.54, 1.807) is 0 Å². The lowest BCUT2D eigenvalue weighted by Gasteiger charge is -2.34. The van der Waals surface area contributed by atoms with Gasteiger partial charge in [-0.25, -0.2) is 0 Å². The topological polar surface area (TPSA) is 119 Å². The molecule has 2 atom stereocenters. The Kier molecular flexibility index (Phi) is 4.99. The molecule has 0 radical (unpaired) electrons. The van der Waals surface area contributed by atoms with Gasteiger partial charge in [0.25, 0.3) is 0 Å². The molecule has 0 saturated carbocycles. The molecule has 0 fully saturated rings. The average molecular weight is 408 g/mol. The molecule has 154 valence electrons. The number of carbonyl (C=O) groups is 2. The summed E-state index contributed by atoms with van der Waals surface area (Å²) in [5, 5.41) is 24.3. The zero-order valence-electron chi connectivity index (χ0n) is 16.3. The van der Waals surface area contributed by atoms with Crippen molar-refractivity contribution >= 4 is 17.4 Å². The Balaban J connectivity index is 1.78. The second-order valence-corrected chi connectivity index (χ2v) is 7.48. The van der Waals surface area contributed by atoms with E-state index in [0.29, 0.717) is 29.7 Å². The minimum Gasteiger partial charge on any atom is -0.500 e. The third kappa shape index (κ3) is 3.41. The van der Waals surface area contributed by atoms with E-state index in [4.69, 9.17) is 4.74 Å². The van der Waals surface area contributed by atoms with Crippen molar-refractivity contribution in [2.75, 3.05) is 7.11 Å². The molecule has 2 aromatic carbocycles. The third-order valence-electron chi connectivity index (χ3n) is 5.70. The van der Waals surface area contributed by atoms with Crippen molar-refractivity contribution in [3.8, 4) is 11.5 Å². The summed E-state index contributed by atoms with van der Waals surface area (Å²) >= 11 is 0. The highest BCUT2D eigenvalue weighted by molar-refractivity contribution is 6.02. The van der Waals surface area contributed by atoms with Crippen molar-refractivity contribution in [2.45, 2.75) is 31.1 Å². The monoisotopic (exact) mass is 408 g/mol. The summed E-state index contributed by atoms with van der Waals surface area (Å²) in [7, 11) is 1.29. The summed E-state index contributed by atoms with van der Waals surface area (Å²) in [4.78, 5) is 36.2. The minimum absolute atomic E-state index is 0.00827. The molecule has 2 aliphatic rings. The van der Waals surface area contributed by atoms with Crippen LogP contribution in [0.2, 0.25) is 0 Å². The van der Waals surface area contributed by atoms with Crippen LogP contribution in [0.1, 0.15) is 42.2 Å². The van der Waals surface area contributed by atoms with Crippen LogP contribution in [0.15, 0.2) is 53.7 Å². The van der Waals surface area contributed by atoms with Gasteiger partial charge in [0.15, 0.2) is 11.5 Å². The number of phenolic OH excluding ortho intramolecular Hbond substituents is 1. The van der Waals surface area contributed by atoms with Crippen LogP contribution >= 0.6 is 0 Å². The molecule has 1 amide bonds. The molecule has 0 spiro atoms. The van der Waals surface area contributed by atoms with Gasteiger partial charge in [0.05, 0.1) is 12.0 Å². The Bertz CT molecular complexity index is 1080. The Morgan fingerprint density at radius 3 is 2.50 bits per heavy atom. The van der Waals surface area contributed by atoms with Gasteiger partial charge in [-0.1, -0.05) is 30.3 Å². The molecule has 1 aliphatic heterocycles.